The first-order valence-corrected chi connectivity index (χ1v) is 12.2. The van der Waals surface area contributed by atoms with Gasteiger partial charge in [-0.2, -0.15) is 8.42 Å². The molecule has 1 aromatic rings. The van der Waals surface area contributed by atoms with Crippen molar-refractivity contribution in [3.05, 3.63) is 11.1 Å². The Balaban J connectivity index is 1.87. The number of β-lactam (4-membered cyclic amide) rings is 1. The third-order valence-corrected chi connectivity index (χ3v) is 6.63. The van der Waals surface area contributed by atoms with Crippen LogP contribution in [0.15, 0.2) is 10.5 Å². The predicted octanol–water partition coefficient (Wildman–Crippen LogP) is -1.35. The van der Waals surface area contributed by atoms with Crippen LogP contribution in [0.1, 0.15) is 26.5 Å². The summed E-state index contributed by atoms with van der Waals surface area (Å²) in [6.07, 6.45) is -1.25. The molecular weight excluding hydrogens is 512 g/mol. The number of thiazole rings is 1. The molecule has 3 rings (SSSR count). The second-order valence-corrected chi connectivity index (χ2v) is 10.3. The molecule has 0 bridgehead atoms. The van der Waals surface area contributed by atoms with Crippen molar-refractivity contribution in [2.75, 3.05) is 18.8 Å². The number of ether oxygens (including phenoxy) is 1. The van der Waals surface area contributed by atoms with Crippen LogP contribution in [0.3, 0.4) is 0 Å². The van der Waals surface area contributed by atoms with E-state index in [9.17, 15) is 37.3 Å². The average molecular weight is 535 g/mol. The Bertz CT molecular complexity index is 1200. The van der Waals surface area contributed by atoms with Gasteiger partial charge in [0.05, 0.1) is 12.6 Å². The van der Waals surface area contributed by atoms with Crippen molar-refractivity contribution < 1.29 is 46.8 Å². The maximum atomic E-state index is 13.0. The number of nitrogens with two attached hydrogens (primary N) is 1. The smallest absolute Gasteiger partial charge is 0.410 e. The fourth-order valence-electron chi connectivity index (χ4n) is 3.19. The van der Waals surface area contributed by atoms with Gasteiger partial charge in [-0.3, -0.25) is 14.1 Å². The van der Waals surface area contributed by atoms with Gasteiger partial charge in [0, 0.05) is 11.9 Å². The molecule has 2 fully saturated rings. The first kappa shape index (κ1) is 26.1. The molecular formula is C17H22N6O10S2. The van der Waals surface area contributed by atoms with E-state index in [0.29, 0.717) is 0 Å². The van der Waals surface area contributed by atoms with E-state index in [1.807, 2.05) is 0 Å². The number of rotatable bonds is 9. The van der Waals surface area contributed by atoms with Gasteiger partial charge in [-0.1, -0.05) is 5.16 Å². The van der Waals surface area contributed by atoms with E-state index in [0.717, 1.165) is 16.2 Å². The van der Waals surface area contributed by atoms with Crippen molar-refractivity contribution in [3.63, 3.8) is 0 Å². The number of carboxylic acids is 1. The molecule has 0 aliphatic carbocycles. The SMILES string of the molecule is C[C@@H]1CN(CC2C(NC(=O)/C(=N\OC(C)(C)C(=O)O)c3csc(N)n3)C(=O)N2S(=O)(=O)O)C(=O)O1. The zero-order chi connectivity index (χ0) is 26.3. The molecule has 3 amide bonds. The zero-order valence-electron chi connectivity index (χ0n) is 18.6. The average Bonchev–Trinajstić information content (AvgIpc) is 3.29. The van der Waals surface area contributed by atoms with Crippen LogP contribution < -0.4 is 11.1 Å². The summed E-state index contributed by atoms with van der Waals surface area (Å²) in [4.78, 5) is 58.8. The lowest BCUT2D eigenvalue weighted by atomic mass is 9.97. The first-order valence-electron chi connectivity index (χ1n) is 9.90. The van der Waals surface area contributed by atoms with E-state index < -0.39 is 63.7 Å². The minimum atomic E-state index is -5.01. The van der Waals surface area contributed by atoms with Crippen molar-refractivity contribution in [2.24, 2.45) is 5.16 Å². The van der Waals surface area contributed by atoms with E-state index in [-0.39, 0.29) is 28.2 Å². The summed E-state index contributed by atoms with van der Waals surface area (Å²) in [6.45, 7) is 3.67. The molecule has 18 heteroatoms. The summed E-state index contributed by atoms with van der Waals surface area (Å²) in [7, 11) is -5.01. The van der Waals surface area contributed by atoms with Crippen LogP contribution in [0.4, 0.5) is 9.93 Å². The van der Waals surface area contributed by atoms with Crippen LogP contribution in [0.2, 0.25) is 0 Å². The van der Waals surface area contributed by atoms with Crippen LogP contribution >= 0.6 is 11.3 Å². The number of nitrogen functional groups attached to an aromatic ring is 1. The van der Waals surface area contributed by atoms with Crippen molar-refractivity contribution in [1.82, 2.24) is 19.5 Å². The molecule has 2 saturated heterocycles. The predicted molar refractivity (Wildman–Crippen MR) is 117 cm³/mol. The Hall–Kier alpha value is -3.51. The Labute approximate surface area is 202 Å². The Kier molecular flexibility index (Phi) is 6.91. The number of anilines is 1. The normalized spacial score (nSPS) is 23.1. The van der Waals surface area contributed by atoms with E-state index in [1.54, 1.807) is 6.92 Å². The van der Waals surface area contributed by atoms with Crippen molar-refractivity contribution in [2.45, 2.75) is 44.6 Å². The molecule has 3 atom stereocenters. The van der Waals surface area contributed by atoms with E-state index >= 15 is 0 Å². The molecule has 3 heterocycles. The summed E-state index contributed by atoms with van der Waals surface area (Å²) in [5.74, 6) is -3.63. The topological polar surface area (TPSA) is 231 Å². The highest BCUT2D eigenvalue weighted by atomic mass is 32.2. The standard InChI is InChI=1S/C17H22N6O10S2/c1-7-4-22(16(28)32-7)5-9-11(13(25)23(9)35(29,30)31)20-12(24)10(8-6-34-15(18)19-8)21-33-17(2,3)14(26)27/h6-7,9,11H,4-5H2,1-3H3,(H2,18,19)(H,20,24)(H,26,27)(H,29,30,31)/b21-10-/t7-,9?,11?/m1/s1. The number of carbonyl (C=O) groups is 4. The number of carboxylic acid groups (broad SMARTS) is 1. The van der Waals surface area contributed by atoms with Gasteiger partial charge in [-0.05, 0) is 20.8 Å². The molecule has 0 aromatic carbocycles. The maximum absolute atomic E-state index is 13.0. The summed E-state index contributed by atoms with van der Waals surface area (Å²) >= 11 is 0.943. The lowest BCUT2D eigenvalue weighted by Gasteiger charge is -2.45. The lowest BCUT2D eigenvalue weighted by Crippen LogP contribution is -2.74. The van der Waals surface area contributed by atoms with Crippen LogP contribution in [0.25, 0.3) is 0 Å². The van der Waals surface area contributed by atoms with Crippen molar-refractivity contribution in [3.8, 4) is 0 Å². The minimum Gasteiger partial charge on any atom is -0.478 e. The van der Waals surface area contributed by atoms with Gasteiger partial charge in [0.15, 0.2) is 10.8 Å². The number of nitrogens with one attached hydrogen (secondary N) is 1. The molecule has 2 aliphatic rings. The Morgan fingerprint density at radius 3 is 2.57 bits per heavy atom. The first-order chi connectivity index (χ1) is 16.1. The van der Waals surface area contributed by atoms with Gasteiger partial charge in [0.2, 0.25) is 5.60 Å². The number of aromatic nitrogens is 1. The maximum Gasteiger partial charge on any atom is 0.410 e. The molecule has 5 N–H and O–H groups in total. The number of hydrogen-bond donors (Lipinski definition) is 4. The van der Waals surface area contributed by atoms with Gasteiger partial charge in [0.1, 0.15) is 17.8 Å². The fraction of sp³-hybridized carbons (Fsp3) is 0.529. The van der Waals surface area contributed by atoms with E-state index in [1.165, 1.54) is 19.2 Å². The van der Waals surface area contributed by atoms with E-state index in [4.69, 9.17) is 15.3 Å². The number of oxime groups is 1. The third kappa shape index (κ3) is 5.43. The van der Waals surface area contributed by atoms with Gasteiger partial charge in [0.25, 0.3) is 11.8 Å². The van der Waals surface area contributed by atoms with E-state index in [2.05, 4.69) is 15.5 Å². The quantitative estimate of drug-likeness (QED) is 0.125. The Morgan fingerprint density at radius 2 is 2.09 bits per heavy atom. The fourth-order valence-corrected chi connectivity index (χ4v) is 4.61. The largest absolute Gasteiger partial charge is 0.478 e. The number of hydrogen-bond acceptors (Lipinski definition) is 12. The highest BCUT2D eigenvalue weighted by Gasteiger charge is 2.55. The second kappa shape index (κ2) is 9.27. The molecule has 1 aromatic heterocycles. The molecule has 192 valence electrons. The highest BCUT2D eigenvalue weighted by Crippen LogP contribution is 2.26. The minimum absolute atomic E-state index is 0.0507. The molecule has 2 aliphatic heterocycles. The van der Waals surface area contributed by atoms with Crippen LogP contribution in [0, 0.1) is 0 Å². The summed E-state index contributed by atoms with van der Waals surface area (Å²) in [6, 6.07) is -2.86. The summed E-state index contributed by atoms with van der Waals surface area (Å²) in [5.41, 5.74) is 3.11. The number of nitrogens with zero attached hydrogens (tertiary/aromatic N) is 4. The monoisotopic (exact) mass is 534 g/mol. The molecule has 0 spiro atoms. The van der Waals surface area contributed by atoms with Crippen molar-refractivity contribution in [1.29, 1.82) is 0 Å². The molecule has 0 saturated carbocycles. The van der Waals surface area contributed by atoms with Crippen LogP contribution in [0.5, 0.6) is 0 Å². The molecule has 2 unspecified atom stereocenters. The third-order valence-electron chi connectivity index (χ3n) is 5.01. The lowest BCUT2D eigenvalue weighted by molar-refractivity contribution is -0.161. The van der Waals surface area contributed by atoms with Gasteiger partial charge in [-0.15, -0.1) is 11.3 Å². The van der Waals surface area contributed by atoms with Crippen LogP contribution in [-0.2, 0) is 34.3 Å². The zero-order valence-corrected chi connectivity index (χ0v) is 20.2. The van der Waals surface area contributed by atoms with Gasteiger partial charge in [-0.25, -0.2) is 18.9 Å². The summed E-state index contributed by atoms with van der Waals surface area (Å²) in [5, 5.41) is 16.5. The Morgan fingerprint density at radius 1 is 1.43 bits per heavy atom. The highest BCUT2D eigenvalue weighted by molar-refractivity contribution is 7.84. The van der Waals surface area contributed by atoms with Crippen LogP contribution in [-0.4, -0.2) is 98.7 Å². The number of carbonyl (C=O) groups excluding carboxylic acids is 3. The number of amides is 3. The van der Waals surface area contributed by atoms with Gasteiger partial charge >= 0.3 is 22.4 Å². The van der Waals surface area contributed by atoms with Crippen molar-refractivity contribution >= 4 is 56.4 Å². The van der Waals surface area contributed by atoms with Gasteiger partial charge < -0.3 is 30.6 Å². The molecule has 16 nitrogen and oxygen atoms in total. The number of cyclic esters (lactones) is 1. The molecule has 0 radical (unpaired) electrons. The summed E-state index contributed by atoms with van der Waals surface area (Å²) < 4.78 is 38.0. The number of aliphatic carboxylic acids is 1. The molecule has 35 heavy (non-hydrogen) atoms. The second-order valence-electron chi connectivity index (χ2n) is 8.15.